The normalized spacial score (nSPS) is 28.9. The molecule has 1 saturated heterocycles. The zero-order valence-corrected chi connectivity index (χ0v) is 11.8. The van der Waals surface area contributed by atoms with Gasteiger partial charge in [0.25, 0.3) is 0 Å². The smallest absolute Gasteiger partial charge is 0.137 e. The highest BCUT2D eigenvalue weighted by atomic mass is 15.3. The minimum Gasteiger partial charge on any atom is -0.314 e. The lowest BCUT2D eigenvalue weighted by molar-refractivity contribution is 0.271. The predicted molar refractivity (Wildman–Crippen MR) is 71.7 cm³/mol. The van der Waals surface area contributed by atoms with Crippen molar-refractivity contribution < 1.29 is 0 Å². The quantitative estimate of drug-likeness (QED) is 0.806. The summed E-state index contributed by atoms with van der Waals surface area (Å²) in [6.45, 7) is 10.3. The van der Waals surface area contributed by atoms with Crippen LogP contribution in [0.2, 0.25) is 0 Å². The number of rotatable bonds is 2. The van der Waals surface area contributed by atoms with E-state index < -0.39 is 0 Å². The number of nitrogens with zero attached hydrogens (tertiary/aromatic N) is 4. The Morgan fingerprint density at radius 3 is 2.61 bits per heavy atom. The highest BCUT2D eigenvalue weighted by Crippen LogP contribution is 2.32. The molecule has 0 amide bonds. The fourth-order valence-corrected chi connectivity index (χ4v) is 3.38. The summed E-state index contributed by atoms with van der Waals surface area (Å²) in [5.74, 6) is 3.65. The fourth-order valence-electron chi connectivity index (χ4n) is 3.38. The van der Waals surface area contributed by atoms with E-state index >= 15 is 0 Å². The maximum Gasteiger partial charge on any atom is 0.137 e. The van der Waals surface area contributed by atoms with Crippen molar-refractivity contribution >= 4 is 0 Å². The van der Waals surface area contributed by atoms with Crippen molar-refractivity contribution in [1.82, 2.24) is 19.7 Å². The van der Waals surface area contributed by atoms with E-state index in [1.54, 1.807) is 0 Å². The van der Waals surface area contributed by atoms with Crippen LogP contribution in [0.3, 0.4) is 0 Å². The summed E-state index contributed by atoms with van der Waals surface area (Å²) in [6.07, 6.45) is 3.78. The van der Waals surface area contributed by atoms with Crippen molar-refractivity contribution in [3.63, 3.8) is 0 Å². The first-order valence-electron chi connectivity index (χ1n) is 7.34. The maximum absolute atomic E-state index is 4.51. The molecule has 0 aromatic carbocycles. The highest BCUT2D eigenvalue weighted by molar-refractivity contribution is 5.10. The summed E-state index contributed by atoms with van der Waals surface area (Å²) in [4.78, 5) is 2.55. The van der Waals surface area contributed by atoms with Gasteiger partial charge in [-0.15, -0.1) is 10.2 Å². The van der Waals surface area contributed by atoms with Crippen molar-refractivity contribution in [2.75, 3.05) is 13.1 Å². The zero-order valence-electron chi connectivity index (χ0n) is 11.8. The van der Waals surface area contributed by atoms with E-state index in [0.29, 0.717) is 17.9 Å². The average molecular weight is 248 g/mol. The van der Waals surface area contributed by atoms with E-state index in [0.717, 1.165) is 13.1 Å². The van der Waals surface area contributed by atoms with Crippen LogP contribution in [0, 0.1) is 0 Å². The first-order chi connectivity index (χ1) is 8.66. The second-order valence-electron chi connectivity index (χ2n) is 6.19. The molecule has 100 valence electrons. The third-order valence-corrected chi connectivity index (χ3v) is 4.58. The fraction of sp³-hybridized carbons (Fsp3) is 0.857. The van der Waals surface area contributed by atoms with E-state index in [-0.39, 0.29) is 0 Å². The molecule has 0 aliphatic carbocycles. The van der Waals surface area contributed by atoms with E-state index in [4.69, 9.17) is 0 Å². The summed E-state index contributed by atoms with van der Waals surface area (Å²) >= 11 is 0. The Morgan fingerprint density at radius 1 is 1.11 bits per heavy atom. The molecule has 2 aliphatic heterocycles. The molecule has 2 aliphatic rings. The molecule has 3 heterocycles. The lowest BCUT2D eigenvalue weighted by Gasteiger charge is -2.23. The molecule has 3 rings (SSSR count). The lowest BCUT2D eigenvalue weighted by Crippen LogP contribution is -2.28. The van der Waals surface area contributed by atoms with Crippen molar-refractivity contribution in [1.29, 1.82) is 0 Å². The summed E-state index contributed by atoms with van der Waals surface area (Å²) in [5.41, 5.74) is 0. The van der Waals surface area contributed by atoms with Crippen LogP contribution in [0.4, 0.5) is 0 Å². The van der Waals surface area contributed by atoms with Gasteiger partial charge in [-0.05, 0) is 39.7 Å². The van der Waals surface area contributed by atoms with Gasteiger partial charge in [-0.25, -0.2) is 0 Å². The molecule has 0 spiro atoms. The lowest BCUT2D eigenvalue weighted by atomic mass is 10.0. The molecule has 2 unspecified atom stereocenters. The van der Waals surface area contributed by atoms with Gasteiger partial charge in [0.2, 0.25) is 0 Å². The molecule has 1 fully saturated rings. The van der Waals surface area contributed by atoms with Crippen LogP contribution < -0.4 is 0 Å². The minimum absolute atomic E-state index is 0.586. The van der Waals surface area contributed by atoms with Gasteiger partial charge in [-0.2, -0.15) is 0 Å². The summed E-state index contributed by atoms with van der Waals surface area (Å²) in [6, 6.07) is 0.651. The van der Waals surface area contributed by atoms with E-state index in [9.17, 15) is 0 Å². The Balaban J connectivity index is 1.82. The molecule has 2 atom stereocenters. The average Bonchev–Trinajstić information content (AvgIpc) is 2.94. The van der Waals surface area contributed by atoms with E-state index in [1.807, 2.05) is 0 Å². The molecule has 0 radical (unpaired) electrons. The Bertz CT molecular complexity index is 423. The van der Waals surface area contributed by atoms with Crippen LogP contribution in [0.15, 0.2) is 0 Å². The van der Waals surface area contributed by atoms with Gasteiger partial charge in [0.15, 0.2) is 0 Å². The zero-order chi connectivity index (χ0) is 12.7. The third kappa shape index (κ3) is 1.96. The third-order valence-electron chi connectivity index (χ3n) is 4.58. The number of aromatic nitrogens is 3. The topological polar surface area (TPSA) is 34.0 Å². The molecule has 4 heteroatoms. The van der Waals surface area contributed by atoms with Crippen molar-refractivity contribution in [3.05, 3.63) is 11.6 Å². The number of hydrogen-bond acceptors (Lipinski definition) is 3. The van der Waals surface area contributed by atoms with Crippen LogP contribution in [-0.2, 0) is 6.54 Å². The second kappa shape index (κ2) is 4.65. The van der Waals surface area contributed by atoms with Crippen LogP contribution >= 0.6 is 0 Å². The SMILES string of the molecule is CC1CCCn2c1nnc2C1CCN(C(C)C)C1. The van der Waals surface area contributed by atoms with Crippen molar-refractivity contribution in [2.24, 2.45) is 0 Å². The van der Waals surface area contributed by atoms with Crippen LogP contribution in [0.25, 0.3) is 0 Å². The Kier molecular flexibility index (Phi) is 3.14. The van der Waals surface area contributed by atoms with Gasteiger partial charge < -0.3 is 9.47 Å². The standard InChI is InChI=1S/C14H24N4/c1-10(2)17-8-6-12(9-17)14-16-15-13-11(3)5-4-7-18(13)14/h10-12H,4-9H2,1-3H3. The largest absolute Gasteiger partial charge is 0.314 e. The highest BCUT2D eigenvalue weighted by Gasteiger charge is 2.31. The maximum atomic E-state index is 4.51. The predicted octanol–water partition coefficient (Wildman–Crippen LogP) is 2.37. The first kappa shape index (κ1) is 12.2. The Hall–Kier alpha value is -0.900. The first-order valence-corrected chi connectivity index (χ1v) is 7.34. The van der Waals surface area contributed by atoms with Gasteiger partial charge in [0, 0.05) is 31.0 Å². The van der Waals surface area contributed by atoms with Crippen molar-refractivity contribution in [2.45, 2.75) is 64.5 Å². The van der Waals surface area contributed by atoms with E-state index in [2.05, 4.69) is 40.4 Å². The molecular weight excluding hydrogens is 224 g/mol. The van der Waals surface area contributed by atoms with Gasteiger partial charge in [0.05, 0.1) is 0 Å². The molecule has 1 aromatic rings. The van der Waals surface area contributed by atoms with E-state index in [1.165, 1.54) is 37.5 Å². The Morgan fingerprint density at radius 2 is 1.89 bits per heavy atom. The monoisotopic (exact) mass is 248 g/mol. The molecule has 0 saturated carbocycles. The Labute approximate surface area is 109 Å². The summed E-state index contributed by atoms with van der Waals surface area (Å²) < 4.78 is 2.41. The van der Waals surface area contributed by atoms with Gasteiger partial charge >= 0.3 is 0 Å². The van der Waals surface area contributed by atoms with Crippen molar-refractivity contribution in [3.8, 4) is 0 Å². The molecule has 0 bridgehead atoms. The minimum atomic E-state index is 0.586. The van der Waals surface area contributed by atoms with Crippen LogP contribution in [-0.4, -0.2) is 38.8 Å². The van der Waals surface area contributed by atoms with Gasteiger partial charge in [-0.1, -0.05) is 6.92 Å². The molecule has 0 N–H and O–H groups in total. The van der Waals surface area contributed by atoms with Gasteiger partial charge in [0.1, 0.15) is 11.6 Å². The number of likely N-dealkylation sites (tertiary alicyclic amines) is 1. The molecular formula is C14H24N4. The number of hydrogen-bond donors (Lipinski definition) is 0. The van der Waals surface area contributed by atoms with Crippen LogP contribution in [0.5, 0.6) is 0 Å². The summed E-state index contributed by atoms with van der Waals surface area (Å²) in [7, 11) is 0. The number of fused-ring (bicyclic) bond motifs is 1. The summed E-state index contributed by atoms with van der Waals surface area (Å²) in [5, 5.41) is 8.96. The molecule has 18 heavy (non-hydrogen) atoms. The molecule has 1 aromatic heterocycles. The second-order valence-corrected chi connectivity index (χ2v) is 6.19. The molecule has 4 nitrogen and oxygen atoms in total. The van der Waals surface area contributed by atoms with Crippen LogP contribution in [0.1, 0.15) is 63.5 Å². The van der Waals surface area contributed by atoms with Gasteiger partial charge in [-0.3, -0.25) is 0 Å².